The Labute approximate surface area is 117 Å². The van der Waals surface area contributed by atoms with Crippen molar-refractivity contribution in [2.24, 2.45) is 5.73 Å². The average molecular weight is 283 g/mol. The summed E-state index contributed by atoms with van der Waals surface area (Å²) in [5.74, 6) is -0.391. The standard InChI is InChI=1S/C13H21N3O2S/c1-7(2)12-15-9(5)11(19-12)13(18)16(8(3)4)6-10(14)17/h7-8H,6H2,1-5H3,(H2,14,17). The SMILES string of the molecule is Cc1nc(C(C)C)sc1C(=O)N(CC(N)=O)C(C)C. The molecule has 1 aromatic rings. The van der Waals surface area contributed by atoms with Gasteiger partial charge in [-0.25, -0.2) is 4.98 Å². The molecule has 0 aliphatic rings. The van der Waals surface area contributed by atoms with Gasteiger partial charge >= 0.3 is 0 Å². The maximum atomic E-state index is 12.5. The third kappa shape index (κ3) is 3.76. The van der Waals surface area contributed by atoms with Crippen LogP contribution in [0.4, 0.5) is 0 Å². The zero-order valence-electron chi connectivity index (χ0n) is 12.1. The highest BCUT2D eigenvalue weighted by Gasteiger charge is 2.25. The third-order valence-corrected chi connectivity index (χ3v) is 4.16. The topological polar surface area (TPSA) is 76.3 Å². The van der Waals surface area contributed by atoms with E-state index in [1.165, 1.54) is 16.2 Å². The predicted octanol–water partition coefficient (Wildman–Crippen LogP) is 1.91. The van der Waals surface area contributed by atoms with E-state index < -0.39 is 5.91 Å². The van der Waals surface area contributed by atoms with Crippen molar-refractivity contribution in [1.82, 2.24) is 9.88 Å². The summed E-state index contributed by atoms with van der Waals surface area (Å²) in [6, 6.07) is -0.0796. The number of thiazole rings is 1. The highest BCUT2D eigenvalue weighted by atomic mass is 32.1. The molecule has 2 N–H and O–H groups in total. The number of nitrogens with two attached hydrogens (primary N) is 1. The number of aromatic nitrogens is 1. The van der Waals surface area contributed by atoms with E-state index in [1.54, 1.807) is 0 Å². The summed E-state index contributed by atoms with van der Waals surface area (Å²) in [5.41, 5.74) is 5.91. The minimum absolute atomic E-state index is 0.0646. The lowest BCUT2D eigenvalue weighted by Gasteiger charge is -2.24. The van der Waals surface area contributed by atoms with Crippen LogP contribution in [0.25, 0.3) is 0 Å². The summed E-state index contributed by atoms with van der Waals surface area (Å²) in [6.45, 7) is 9.55. The second kappa shape index (κ2) is 6.14. The summed E-state index contributed by atoms with van der Waals surface area (Å²) in [6.07, 6.45) is 0. The van der Waals surface area contributed by atoms with Crippen LogP contribution in [0.15, 0.2) is 0 Å². The van der Waals surface area contributed by atoms with Crippen LogP contribution >= 0.6 is 11.3 Å². The lowest BCUT2D eigenvalue weighted by molar-refractivity contribution is -0.119. The van der Waals surface area contributed by atoms with Gasteiger partial charge in [-0.15, -0.1) is 11.3 Å². The Hall–Kier alpha value is -1.43. The smallest absolute Gasteiger partial charge is 0.266 e. The van der Waals surface area contributed by atoms with Crippen LogP contribution in [0.1, 0.15) is 54.0 Å². The molecule has 0 atom stereocenters. The third-order valence-electron chi connectivity index (χ3n) is 2.71. The number of hydrogen-bond acceptors (Lipinski definition) is 4. The van der Waals surface area contributed by atoms with E-state index in [2.05, 4.69) is 4.98 Å². The first-order valence-corrected chi connectivity index (χ1v) is 7.12. The molecule has 0 aromatic carbocycles. The molecule has 0 bridgehead atoms. The molecule has 6 heteroatoms. The van der Waals surface area contributed by atoms with Crippen molar-refractivity contribution >= 4 is 23.2 Å². The van der Waals surface area contributed by atoms with Crippen molar-refractivity contribution in [1.29, 1.82) is 0 Å². The molecule has 0 fully saturated rings. The van der Waals surface area contributed by atoms with Crippen molar-refractivity contribution in [3.05, 3.63) is 15.6 Å². The fraction of sp³-hybridized carbons (Fsp3) is 0.615. The van der Waals surface area contributed by atoms with Gasteiger partial charge in [-0.1, -0.05) is 13.8 Å². The van der Waals surface area contributed by atoms with E-state index in [9.17, 15) is 9.59 Å². The van der Waals surface area contributed by atoms with Crippen molar-refractivity contribution in [2.45, 2.75) is 46.6 Å². The first-order valence-electron chi connectivity index (χ1n) is 6.30. The maximum Gasteiger partial charge on any atom is 0.266 e. The minimum atomic E-state index is -0.506. The second-order valence-corrected chi connectivity index (χ2v) is 6.15. The van der Waals surface area contributed by atoms with Crippen molar-refractivity contribution in [2.75, 3.05) is 6.54 Å². The summed E-state index contributed by atoms with van der Waals surface area (Å²) < 4.78 is 0. The number of primary amides is 1. The van der Waals surface area contributed by atoms with Crippen molar-refractivity contribution in [3.8, 4) is 0 Å². The highest BCUT2D eigenvalue weighted by Crippen LogP contribution is 2.26. The fourth-order valence-electron chi connectivity index (χ4n) is 1.65. The number of amides is 2. The zero-order chi connectivity index (χ0) is 14.7. The molecule has 0 aliphatic carbocycles. The molecule has 5 nitrogen and oxygen atoms in total. The lowest BCUT2D eigenvalue weighted by atomic mass is 10.2. The van der Waals surface area contributed by atoms with Crippen LogP contribution < -0.4 is 5.73 Å². The Morgan fingerprint density at radius 1 is 1.32 bits per heavy atom. The maximum absolute atomic E-state index is 12.5. The monoisotopic (exact) mass is 283 g/mol. The van der Waals surface area contributed by atoms with E-state index in [-0.39, 0.29) is 24.4 Å². The van der Waals surface area contributed by atoms with Gasteiger partial charge in [-0.3, -0.25) is 9.59 Å². The summed E-state index contributed by atoms with van der Waals surface area (Å²) in [4.78, 5) is 30.0. The quantitative estimate of drug-likeness (QED) is 0.896. The first-order chi connectivity index (χ1) is 8.73. The number of carbonyl (C=O) groups excluding carboxylic acids is 2. The van der Waals surface area contributed by atoms with Gasteiger partial charge in [-0.05, 0) is 20.8 Å². The van der Waals surface area contributed by atoms with Gasteiger partial charge in [0.2, 0.25) is 5.91 Å². The predicted molar refractivity (Wildman–Crippen MR) is 76.3 cm³/mol. The molecular formula is C13H21N3O2S. The highest BCUT2D eigenvalue weighted by molar-refractivity contribution is 7.13. The summed E-state index contributed by atoms with van der Waals surface area (Å²) in [5, 5.41) is 0.934. The molecule has 1 heterocycles. The van der Waals surface area contributed by atoms with Crippen LogP contribution in [-0.2, 0) is 4.79 Å². The molecule has 1 aromatic heterocycles. The van der Waals surface area contributed by atoms with E-state index in [4.69, 9.17) is 5.73 Å². The van der Waals surface area contributed by atoms with Crippen molar-refractivity contribution < 1.29 is 9.59 Å². The average Bonchev–Trinajstić information content (AvgIpc) is 2.67. The second-order valence-electron chi connectivity index (χ2n) is 5.11. The number of carbonyl (C=O) groups is 2. The molecule has 0 saturated heterocycles. The van der Waals surface area contributed by atoms with Gasteiger partial charge in [0.1, 0.15) is 4.88 Å². The molecule has 106 valence electrons. The van der Waals surface area contributed by atoms with Crippen LogP contribution in [0, 0.1) is 6.92 Å². The molecule has 2 amide bonds. The Bertz CT molecular complexity index is 480. The summed E-state index contributed by atoms with van der Waals surface area (Å²) >= 11 is 1.39. The van der Waals surface area contributed by atoms with Crippen LogP contribution in [0.3, 0.4) is 0 Å². The van der Waals surface area contributed by atoms with Gasteiger partial charge in [0, 0.05) is 12.0 Å². The Kier molecular flexibility index (Phi) is 5.05. The summed E-state index contributed by atoms with van der Waals surface area (Å²) in [7, 11) is 0. The molecule has 0 saturated carbocycles. The molecule has 19 heavy (non-hydrogen) atoms. The number of aryl methyl sites for hydroxylation is 1. The molecule has 0 aliphatic heterocycles. The molecule has 0 unspecified atom stereocenters. The fourth-order valence-corrected chi connectivity index (χ4v) is 2.68. The van der Waals surface area contributed by atoms with E-state index in [1.807, 2.05) is 34.6 Å². The number of nitrogens with zero attached hydrogens (tertiary/aromatic N) is 2. The number of hydrogen-bond donors (Lipinski definition) is 1. The van der Waals surface area contributed by atoms with Crippen LogP contribution in [-0.4, -0.2) is 34.3 Å². The lowest BCUT2D eigenvalue weighted by Crippen LogP contribution is -2.42. The molecule has 1 rings (SSSR count). The van der Waals surface area contributed by atoms with E-state index in [0.717, 1.165) is 5.01 Å². The number of rotatable bonds is 5. The largest absolute Gasteiger partial charge is 0.368 e. The van der Waals surface area contributed by atoms with Gasteiger partial charge in [0.25, 0.3) is 5.91 Å². The van der Waals surface area contributed by atoms with Gasteiger partial charge in [0.15, 0.2) is 0 Å². The van der Waals surface area contributed by atoms with E-state index in [0.29, 0.717) is 10.6 Å². The minimum Gasteiger partial charge on any atom is -0.368 e. The molecule has 0 spiro atoms. The Morgan fingerprint density at radius 3 is 2.26 bits per heavy atom. The van der Waals surface area contributed by atoms with Gasteiger partial charge in [-0.2, -0.15) is 0 Å². The first kappa shape index (κ1) is 15.6. The van der Waals surface area contributed by atoms with Gasteiger partial charge < -0.3 is 10.6 Å². The zero-order valence-corrected chi connectivity index (χ0v) is 12.9. The van der Waals surface area contributed by atoms with Crippen LogP contribution in [0.5, 0.6) is 0 Å². The Balaban J connectivity index is 3.06. The normalized spacial score (nSPS) is 11.1. The van der Waals surface area contributed by atoms with Gasteiger partial charge in [0.05, 0.1) is 17.2 Å². The van der Waals surface area contributed by atoms with Crippen LogP contribution in [0.2, 0.25) is 0 Å². The van der Waals surface area contributed by atoms with E-state index >= 15 is 0 Å². The molecule has 0 radical (unpaired) electrons. The Morgan fingerprint density at radius 2 is 1.89 bits per heavy atom. The van der Waals surface area contributed by atoms with Crippen molar-refractivity contribution in [3.63, 3.8) is 0 Å². The molecular weight excluding hydrogens is 262 g/mol.